The van der Waals surface area contributed by atoms with E-state index in [-0.39, 0.29) is 5.91 Å². The Morgan fingerprint density at radius 3 is 2.78 bits per heavy atom. The van der Waals surface area contributed by atoms with Crippen molar-refractivity contribution in [1.82, 2.24) is 9.88 Å². The molecule has 2 heterocycles. The highest BCUT2D eigenvalue weighted by Gasteiger charge is 2.32. The monoisotopic (exact) mass is 393 g/mol. The molecule has 134 valence electrons. The van der Waals surface area contributed by atoms with E-state index in [2.05, 4.69) is 28.2 Å². The topological polar surface area (TPSA) is 45.6 Å². The average Bonchev–Trinajstić information content (AvgIpc) is 2.98. The third-order valence-electron chi connectivity index (χ3n) is 4.27. The average molecular weight is 394 g/mol. The largest absolute Gasteiger partial charge is 0.287 e. The van der Waals surface area contributed by atoms with E-state index in [1.54, 1.807) is 23.2 Å². The Balaban J connectivity index is 1.75. The van der Waals surface area contributed by atoms with Crippen LogP contribution in [0.2, 0.25) is 5.15 Å². The van der Waals surface area contributed by atoms with Gasteiger partial charge in [-0.3, -0.25) is 9.69 Å². The molecule has 1 aromatic heterocycles. The predicted molar refractivity (Wildman–Crippen MR) is 113 cm³/mol. The first-order valence-corrected chi connectivity index (χ1v) is 9.75. The third kappa shape index (κ3) is 3.48. The van der Waals surface area contributed by atoms with Crippen molar-refractivity contribution >= 4 is 57.0 Å². The van der Waals surface area contributed by atoms with Crippen LogP contribution in [0.4, 0.5) is 5.69 Å². The smallest absolute Gasteiger partial charge is 0.266 e. The third-order valence-corrected chi connectivity index (χ3v) is 5.57. The molecule has 6 heteroatoms. The van der Waals surface area contributed by atoms with E-state index >= 15 is 0 Å². The van der Waals surface area contributed by atoms with Crippen LogP contribution in [-0.4, -0.2) is 27.5 Å². The Morgan fingerprint density at radius 1 is 1.15 bits per heavy atom. The van der Waals surface area contributed by atoms with Gasteiger partial charge < -0.3 is 0 Å². The molecule has 4 nitrogen and oxygen atoms in total. The number of hydrogen-bond acceptors (Lipinski definition) is 4. The van der Waals surface area contributed by atoms with Crippen LogP contribution < -0.4 is 0 Å². The molecule has 4 rings (SSSR count). The van der Waals surface area contributed by atoms with Crippen molar-refractivity contribution in [2.75, 3.05) is 6.54 Å². The van der Waals surface area contributed by atoms with Gasteiger partial charge in [-0.2, -0.15) is 0 Å². The minimum Gasteiger partial charge on any atom is -0.287 e. The van der Waals surface area contributed by atoms with Crippen LogP contribution in [-0.2, 0) is 4.79 Å². The van der Waals surface area contributed by atoms with Gasteiger partial charge in [-0.25, -0.2) is 9.98 Å². The van der Waals surface area contributed by atoms with Gasteiger partial charge in [-0.15, -0.1) is 0 Å². The Kier molecular flexibility index (Phi) is 4.97. The fraction of sp³-hybridized carbons (Fsp3) is 0.0952. The SMILES string of the molecule is CCN1C(=O)/C(=C/c2cccc3ccccc23)SC1=Nc1cccnc1Cl. The summed E-state index contributed by atoms with van der Waals surface area (Å²) in [5, 5.41) is 3.19. The molecular formula is C21H16ClN3OS. The summed E-state index contributed by atoms with van der Waals surface area (Å²) in [6.45, 7) is 2.47. The molecule has 0 bridgehead atoms. The first-order chi connectivity index (χ1) is 13.2. The molecule has 0 aliphatic carbocycles. The van der Waals surface area contributed by atoms with E-state index in [0.29, 0.717) is 27.5 Å². The number of likely N-dealkylation sites (N-methyl/N-ethyl adjacent to an activating group) is 1. The molecule has 0 atom stereocenters. The second kappa shape index (κ2) is 7.55. The normalized spacial score (nSPS) is 17.4. The molecule has 1 saturated heterocycles. The number of amides is 1. The minimum absolute atomic E-state index is 0.0470. The number of carbonyl (C=O) groups excluding carboxylic acids is 1. The molecule has 1 aliphatic heterocycles. The van der Waals surface area contributed by atoms with Gasteiger partial charge in [0.25, 0.3) is 5.91 Å². The number of hydrogen-bond donors (Lipinski definition) is 0. The van der Waals surface area contributed by atoms with Crippen molar-refractivity contribution in [3.05, 3.63) is 76.4 Å². The highest BCUT2D eigenvalue weighted by Crippen LogP contribution is 2.36. The number of carbonyl (C=O) groups is 1. The Morgan fingerprint density at radius 2 is 1.96 bits per heavy atom. The van der Waals surface area contributed by atoms with Crippen molar-refractivity contribution in [3.63, 3.8) is 0 Å². The zero-order valence-corrected chi connectivity index (χ0v) is 16.2. The summed E-state index contributed by atoms with van der Waals surface area (Å²) < 4.78 is 0. The Labute approximate surface area is 166 Å². The van der Waals surface area contributed by atoms with Crippen molar-refractivity contribution in [1.29, 1.82) is 0 Å². The van der Waals surface area contributed by atoms with Crippen LogP contribution in [0, 0.1) is 0 Å². The Bertz CT molecular complexity index is 1090. The summed E-state index contributed by atoms with van der Waals surface area (Å²) in [4.78, 5) is 23.8. The van der Waals surface area contributed by atoms with Crippen LogP contribution in [0.1, 0.15) is 12.5 Å². The maximum absolute atomic E-state index is 12.9. The number of amidine groups is 1. The van der Waals surface area contributed by atoms with Crippen LogP contribution in [0.15, 0.2) is 70.7 Å². The minimum atomic E-state index is -0.0470. The fourth-order valence-corrected chi connectivity index (χ4v) is 4.16. The zero-order valence-electron chi connectivity index (χ0n) is 14.6. The molecule has 1 fully saturated rings. The molecule has 1 amide bonds. The van der Waals surface area contributed by atoms with Gasteiger partial charge in [0.2, 0.25) is 0 Å². The van der Waals surface area contributed by atoms with Gasteiger partial charge in [0.05, 0.1) is 4.91 Å². The number of halogens is 1. The lowest BCUT2D eigenvalue weighted by molar-refractivity contribution is -0.122. The quantitative estimate of drug-likeness (QED) is 0.435. The summed E-state index contributed by atoms with van der Waals surface area (Å²) in [5.74, 6) is -0.0470. The first-order valence-electron chi connectivity index (χ1n) is 8.55. The van der Waals surface area contributed by atoms with E-state index in [4.69, 9.17) is 11.6 Å². The molecule has 27 heavy (non-hydrogen) atoms. The molecule has 0 N–H and O–H groups in total. The van der Waals surface area contributed by atoms with Crippen molar-refractivity contribution in [2.24, 2.45) is 4.99 Å². The molecular weight excluding hydrogens is 378 g/mol. The number of rotatable bonds is 3. The van der Waals surface area contributed by atoms with E-state index < -0.39 is 0 Å². The van der Waals surface area contributed by atoms with Crippen LogP contribution in [0.5, 0.6) is 0 Å². The van der Waals surface area contributed by atoms with Gasteiger partial charge >= 0.3 is 0 Å². The molecule has 0 radical (unpaired) electrons. The summed E-state index contributed by atoms with van der Waals surface area (Å²) in [6, 6.07) is 17.8. The number of fused-ring (bicyclic) bond motifs is 1. The maximum Gasteiger partial charge on any atom is 0.266 e. The van der Waals surface area contributed by atoms with E-state index in [9.17, 15) is 4.79 Å². The fourth-order valence-electron chi connectivity index (χ4n) is 2.95. The lowest BCUT2D eigenvalue weighted by atomic mass is 10.0. The second-order valence-corrected chi connectivity index (χ2v) is 7.30. The van der Waals surface area contributed by atoms with Crippen LogP contribution >= 0.6 is 23.4 Å². The lowest BCUT2D eigenvalue weighted by Crippen LogP contribution is -2.28. The van der Waals surface area contributed by atoms with E-state index in [1.807, 2.05) is 37.3 Å². The van der Waals surface area contributed by atoms with Gasteiger partial charge in [-0.05, 0) is 53.2 Å². The molecule has 3 aromatic rings. The molecule has 0 unspecified atom stereocenters. The summed E-state index contributed by atoms with van der Waals surface area (Å²) in [5.41, 5.74) is 1.57. The van der Waals surface area contributed by atoms with E-state index in [1.165, 1.54) is 11.8 Å². The number of aromatic nitrogens is 1. The highest BCUT2D eigenvalue weighted by molar-refractivity contribution is 8.18. The first kappa shape index (κ1) is 17.8. The lowest BCUT2D eigenvalue weighted by Gasteiger charge is -2.12. The van der Waals surface area contributed by atoms with Crippen LogP contribution in [0.3, 0.4) is 0 Å². The summed E-state index contributed by atoms with van der Waals surface area (Å²) >= 11 is 7.48. The van der Waals surface area contributed by atoms with Gasteiger partial charge in [0.1, 0.15) is 5.69 Å². The Hall–Kier alpha value is -2.63. The van der Waals surface area contributed by atoms with Gasteiger partial charge in [0.15, 0.2) is 10.3 Å². The maximum atomic E-state index is 12.9. The number of aliphatic imine (C=N–C) groups is 1. The zero-order chi connectivity index (χ0) is 18.8. The van der Waals surface area contributed by atoms with Crippen molar-refractivity contribution < 1.29 is 4.79 Å². The second-order valence-electron chi connectivity index (χ2n) is 5.94. The predicted octanol–water partition coefficient (Wildman–Crippen LogP) is 5.51. The number of nitrogens with zero attached hydrogens (tertiary/aromatic N) is 3. The van der Waals surface area contributed by atoms with Gasteiger partial charge in [0, 0.05) is 12.7 Å². The van der Waals surface area contributed by atoms with E-state index in [0.717, 1.165) is 16.3 Å². The summed E-state index contributed by atoms with van der Waals surface area (Å²) in [6.07, 6.45) is 3.55. The van der Waals surface area contributed by atoms with Gasteiger partial charge in [-0.1, -0.05) is 54.1 Å². The van der Waals surface area contributed by atoms with Crippen molar-refractivity contribution in [2.45, 2.75) is 6.92 Å². The highest BCUT2D eigenvalue weighted by atomic mass is 35.5. The number of thioether (sulfide) groups is 1. The standard InChI is InChI=1S/C21H16ClN3OS/c1-2-25-20(26)18(27-21(25)24-17-11-6-12-23-19(17)22)13-15-9-5-8-14-7-3-4-10-16(14)15/h3-13H,2H2,1H3/b18-13-,24-21?. The number of pyridine rings is 1. The summed E-state index contributed by atoms with van der Waals surface area (Å²) in [7, 11) is 0. The molecule has 2 aromatic carbocycles. The molecule has 0 saturated carbocycles. The van der Waals surface area contributed by atoms with Crippen molar-refractivity contribution in [3.8, 4) is 0 Å². The van der Waals surface area contributed by atoms with Crippen LogP contribution in [0.25, 0.3) is 16.8 Å². The molecule has 0 spiro atoms. The molecule has 1 aliphatic rings. The number of benzene rings is 2.